The van der Waals surface area contributed by atoms with Crippen LogP contribution in [0.5, 0.6) is 0 Å². The summed E-state index contributed by atoms with van der Waals surface area (Å²) in [6, 6.07) is 45.0. The lowest BCUT2D eigenvalue weighted by molar-refractivity contribution is 0.00578. The minimum atomic E-state index is -0.528. The van der Waals surface area contributed by atoms with Crippen molar-refractivity contribution < 1.29 is 13.7 Å². The predicted molar refractivity (Wildman–Crippen MR) is 183 cm³/mol. The van der Waals surface area contributed by atoms with Crippen molar-refractivity contribution in [1.29, 1.82) is 0 Å². The van der Waals surface area contributed by atoms with Gasteiger partial charge in [-0.05, 0) is 102 Å². The summed E-state index contributed by atoms with van der Waals surface area (Å²) in [7, 11) is -0.528. The maximum atomic E-state index is 6.72. The van der Waals surface area contributed by atoms with E-state index in [2.05, 4.69) is 155 Å². The zero-order chi connectivity index (χ0) is 30.1. The average molecular weight is 573 g/mol. The first-order valence-corrected chi connectivity index (χ1v) is 15.3. The van der Waals surface area contributed by atoms with Gasteiger partial charge >= 0.3 is 7.12 Å². The van der Waals surface area contributed by atoms with E-state index < -0.39 is 18.3 Å². The van der Waals surface area contributed by atoms with Crippen LogP contribution in [0.1, 0.15) is 27.7 Å². The molecule has 44 heavy (non-hydrogen) atoms. The molecule has 0 spiro atoms. The molecule has 8 rings (SSSR count). The van der Waals surface area contributed by atoms with Gasteiger partial charge in [0.15, 0.2) is 0 Å². The van der Waals surface area contributed by atoms with Gasteiger partial charge in [-0.2, -0.15) is 0 Å². The second-order valence-electron chi connectivity index (χ2n) is 12.8. The van der Waals surface area contributed by atoms with Gasteiger partial charge in [-0.25, -0.2) is 0 Å². The molecule has 1 fully saturated rings. The Balaban J connectivity index is 1.44. The molecule has 1 aliphatic rings. The van der Waals surface area contributed by atoms with E-state index in [0.717, 1.165) is 60.8 Å². The van der Waals surface area contributed by atoms with Gasteiger partial charge in [0.25, 0.3) is 0 Å². The lowest BCUT2D eigenvalue weighted by Gasteiger charge is -2.32. The fourth-order valence-electron chi connectivity index (χ4n) is 6.49. The molecule has 0 N–H and O–H groups in total. The van der Waals surface area contributed by atoms with Crippen LogP contribution in [0.4, 0.5) is 0 Å². The SMILES string of the molecule is CC1(C)OB(c2cc(-c3ccccc3)cc(-c3ccc4oc5ccc6ccccc6c5c4c3)c2-c2ccccc2)OC1(C)C. The highest BCUT2D eigenvalue weighted by atomic mass is 16.7. The molecular weight excluding hydrogens is 539 g/mol. The van der Waals surface area contributed by atoms with Crippen molar-refractivity contribution in [2.45, 2.75) is 38.9 Å². The summed E-state index contributed by atoms with van der Waals surface area (Å²) < 4.78 is 19.8. The van der Waals surface area contributed by atoms with Crippen molar-refractivity contribution in [3.8, 4) is 33.4 Å². The van der Waals surface area contributed by atoms with Crippen molar-refractivity contribution in [3.05, 3.63) is 127 Å². The van der Waals surface area contributed by atoms with Crippen LogP contribution < -0.4 is 5.46 Å². The van der Waals surface area contributed by atoms with E-state index in [9.17, 15) is 0 Å². The zero-order valence-electron chi connectivity index (χ0n) is 25.4. The van der Waals surface area contributed by atoms with Crippen LogP contribution in [0.2, 0.25) is 0 Å². The van der Waals surface area contributed by atoms with Crippen molar-refractivity contribution in [1.82, 2.24) is 0 Å². The third kappa shape index (κ3) is 4.29. The van der Waals surface area contributed by atoms with Gasteiger partial charge in [0.05, 0.1) is 11.2 Å². The third-order valence-corrected chi connectivity index (χ3v) is 9.52. The summed E-state index contributed by atoms with van der Waals surface area (Å²) >= 11 is 0. The topological polar surface area (TPSA) is 31.6 Å². The number of rotatable bonds is 4. The van der Waals surface area contributed by atoms with Crippen LogP contribution in [0.3, 0.4) is 0 Å². The third-order valence-electron chi connectivity index (χ3n) is 9.52. The van der Waals surface area contributed by atoms with E-state index in [-0.39, 0.29) is 0 Å². The first-order valence-electron chi connectivity index (χ1n) is 15.3. The van der Waals surface area contributed by atoms with Crippen LogP contribution in [0.25, 0.3) is 66.1 Å². The fraction of sp³-hybridized carbons (Fsp3) is 0.150. The van der Waals surface area contributed by atoms with Gasteiger partial charge in [-0.15, -0.1) is 0 Å². The van der Waals surface area contributed by atoms with Crippen LogP contribution in [-0.4, -0.2) is 18.3 Å². The Morgan fingerprint density at radius 1 is 0.500 bits per heavy atom. The Labute approximate surface area is 258 Å². The number of benzene rings is 6. The minimum absolute atomic E-state index is 0.468. The van der Waals surface area contributed by atoms with Crippen LogP contribution in [0, 0.1) is 0 Å². The smallest absolute Gasteiger partial charge is 0.456 e. The van der Waals surface area contributed by atoms with E-state index in [0.29, 0.717) is 0 Å². The molecule has 1 aliphatic heterocycles. The van der Waals surface area contributed by atoms with E-state index in [1.807, 2.05) is 0 Å². The summed E-state index contributed by atoms with van der Waals surface area (Å²) in [6.45, 7) is 8.44. The maximum Gasteiger partial charge on any atom is 0.495 e. The molecule has 1 aromatic heterocycles. The van der Waals surface area contributed by atoms with Crippen LogP contribution in [0.15, 0.2) is 132 Å². The van der Waals surface area contributed by atoms with E-state index >= 15 is 0 Å². The number of fused-ring (bicyclic) bond motifs is 5. The Morgan fingerprint density at radius 3 is 1.86 bits per heavy atom. The lowest BCUT2D eigenvalue weighted by Crippen LogP contribution is -2.41. The molecule has 0 unspecified atom stereocenters. The Bertz CT molecular complexity index is 2160. The van der Waals surface area contributed by atoms with Crippen LogP contribution >= 0.6 is 0 Å². The lowest BCUT2D eigenvalue weighted by atomic mass is 9.71. The minimum Gasteiger partial charge on any atom is -0.456 e. The highest BCUT2D eigenvalue weighted by Gasteiger charge is 2.52. The molecule has 0 atom stereocenters. The molecule has 0 radical (unpaired) electrons. The summed E-state index contributed by atoms with van der Waals surface area (Å²) in [6.07, 6.45) is 0. The van der Waals surface area contributed by atoms with E-state index in [4.69, 9.17) is 13.7 Å². The van der Waals surface area contributed by atoms with E-state index in [1.54, 1.807) is 0 Å². The molecule has 0 aliphatic carbocycles. The van der Waals surface area contributed by atoms with Crippen molar-refractivity contribution in [2.75, 3.05) is 0 Å². The molecule has 0 saturated carbocycles. The summed E-state index contributed by atoms with van der Waals surface area (Å²) in [5.74, 6) is 0. The molecule has 0 amide bonds. The van der Waals surface area contributed by atoms with Crippen molar-refractivity contribution >= 4 is 45.3 Å². The number of hydrogen-bond donors (Lipinski definition) is 0. The fourth-order valence-corrected chi connectivity index (χ4v) is 6.49. The van der Waals surface area contributed by atoms with Gasteiger partial charge < -0.3 is 13.7 Å². The number of hydrogen-bond acceptors (Lipinski definition) is 3. The maximum absolute atomic E-state index is 6.72. The molecule has 0 bridgehead atoms. The van der Waals surface area contributed by atoms with Gasteiger partial charge in [0.1, 0.15) is 11.2 Å². The van der Waals surface area contributed by atoms with Crippen LogP contribution in [-0.2, 0) is 9.31 Å². The summed E-state index contributed by atoms with van der Waals surface area (Å²) in [5, 5.41) is 4.65. The average Bonchev–Trinajstić information content (AvgIpc) is 3.53. The van der Waals surface area contributed by atoms with Crippen molar-refractivity contribution in [2.24, 2.45) is 0 Å². The van der Waals surface area contributed by atoms with E-state index in [1.165, 1.54) is 10.8 Å². The summed E-state index contributed by atoms with van der Waals surface area (Å²) in [4.78, 5) is 0. The second-order valence-corrected chi connectivity index (χ2v) is 12.8. The van der Waals surface area contributed by atoms with Gasteiger partial charge in [0, 0.05) is 10.8 Å². The molecule has 4 heteroatoms. The standard InChI is InChI=1S/C40H33BO3/c1-39(2)40(3,4)44-41(43-39)34-25-30(26-13-7-5-8-14-26)24-32(37(34)28-16-9-6-10-17-28)29-20-21-35-33(23-29)38-31-18-12-11-15-27(31)19-22-36(38)42-35/h5-25H,1-4H3. The van der Waals surface area contributed by atoms with Gasteiger partial charge in [-0.3, -0.25) is 0 Å². The first-order chi connectivity index (χ1) is 21.3. The van der Waals surface area contributed by atoms with Gasteiger partial charge in [0.2, 0.25) is 0 Å². The monoisotopic (exact) mass is 572 g/mol. The quantitative estimate of drug-likeness (QED) is 0.197. The van der Waals surface area contributed by atoms with Crippen molar-refractivity contribution in [3.63, 3.8) is 0 Å². The molecule has 7 aromatic rings. The second kappa shape index (κ2) is 9.95. The molecule has 6 aromatic carbocycles. The largest absolute Gasteiger partial charge is 0.495 e. The Morgan fingerprint density at radius 2 is 1.14 bits per heavy atom. The number of furan rings is 1. The molecular formula is C40H33BO3. The molecule has 1 saturated heterocycles. The molecule has 214 valence electrons. The Kier molecular flexibility index (Phi) is 6.10. The molecule has 3 nitrogen and oxygen atoms in total. The predicted octanol–water partition coefficient (Wildman–Crippen LogP) is 10.0. The first kappa shape index (κ1) is 27.0. The van der Waals surface area contributed by atoms with Gasteiger partial charge in [-0.1, -0.05) is 103 Å². The zero-order valence-corrected chi connectivity index (χ0v) is 25.4. The normalized spacial score (nSPS) is 15.9. The highest BCUT2D eigenvalue weighted by Crippen LogP contribution is 2.42. The summed E-state index contributed by atoms with van der Waals surface area (Å²) in [5.41, 5.74) is 8.60. The Hall–Kier alpha value is -4.64. The highest BCUT2D eigenvalue weighted by molar-refractivity contribution is 6.64. The molecule has 2 heterocycles.